The zero-order valence-corrected chi connectivity index (χ0v) is 13.1. The Balaban J connectivity index is 2.48. The maximum Gasteiger partial charge on any atom is 0.104 e. The fraction of sp³-hybridized carbons (Fsp3) is 0.933. The molecular formula is C15H29N3O. The third kappa shape index (κ3) is 5.10. The first-order valence-electron chi connectivity index (χ1n) is 7.24. The molecule has 4 heteroatoms. The normalized spacial score (nSPS) is 25.5. The summed E-state index contributed by atoms with van der Waals surface area (Å²) in [5, 5.41) is 9.08. The molecule has 1 saturated heterocycles. The zero-order valence-electron chi connectivity index (χ0n) is 13.1. The van der Waals surface area contributed by atoms with Crippen molar-refractivity contribution in [2.75, 3.05) is 19.6 Å². The van der Waals surface area contributed by atoms with Crippen LogP contribution in [-0.4, -0.2) is 41.3 Å². The maximum atomic E-state index is 9.08. The lowest BCUT2D eigenvalue weighted by atomic mass is 9.92. The summed E-state index contributed by atoms with van der Waals surface area (Å²) in [6.07, 6.45) is 2.44. The Labute approximate surface area is 117 Å². The molecule has 0 spiro atoms. The van der Waals surface area contributed by atoms with Crippen LogP contribution < -0.4 is 5.73 Å². The van der Waals surface area contributed by atoms with Crippen molar-refractivity contribution in [2.24, 2.45) is 5.73 Å². The number of rotatable bonds is 5. The molecule has 0 aromatic rings. The van der Waals surface area contributed by atoms with Gasteiger partial charge in [0.2, 0.25) is 0 Å². The van der Waals surface area contributed by atoms with E-state index < -0.39 is 5.54 Å². The van der Waals surface area contributed by atoms with Gasteiger partial charge in [0.1, 0.15) is 5.54 Å². The molecule has 1 atom stereocenters. The van der Waals surface area contributed by atoms with Crippen LogP contribution in [0.1, 0.15) is 53.9 Å². The van der Waals surface area contributed by atoms with E-state index in [1.807, 2.05) is 6.92 Å². The lowest BCUT2D eigenvalue weighted by Crippen LogP contribution is -2.57. The number of ether oxygens (including phenoxy) is 1. The summed E-state index contributed by atoms with van der Waals surface area (Å²) in [4.78, 5) is 2.43. The summed E-state index contributed by atoms with van der Waals surface area (Å²) in [6.45, 7) is 13.4. The van der Waals surface area contributed by atoms with E-state index in [2.05, 4.69) is 38.7 Å². The van der Waals surface area contributed by atoms with Gasteiger partial charge in [0.25, 0.3) is 0 Å². The fourth-order valence-electron chi connectivity index (χ4n) is 3.03. The van der Waals surface area contributed by atoms with Gasteiger partial charge in [-0.15, -0.1) is 0 Å². The molecule has 4 nitrogen and oxygen atoms in total. The van der Waals surface area contributed by atoms with E-state index in [-0.39, 0.29) is 11.2 Å². The highest BCUT2D eigenvalue weighted by molar-refractivity contribution is 5.03. The van der Waals surface area contributed by atoms with E-state index in [9.17, 15) is 0 Å². The number of hydrogen-bond acceptors (Lipinski definition) is 4. The first-order valence-corrected chi connectivity index (χ1v) is 7.24. The van der Waals surface area contributed by atoms with Crippen LogP contribution in [0.2, 0.25) is 0 Å². The molecule has 1 rings (SSSR count). The molecule has 0 bridgehead atoms. The number of nitrogens with two attached hydrogens (primary N) is 1. The van der Waals surface area contributed by atoms with Gasteiger partial charge in [-0.25, -0.2) is 0 Å². The van der Waals surface area contributed by atoms with Gasteiger partial charge in [-0.3, -0.25) is 4.90 Å². The smallest absolute Gasteiger partial charge is 0.104 e. The van der Waals surface area contributed by atoms with Crippen molar-refractivity contribution in [3.63, 3.8) is 0 Å². The van der Waals surface area contributed by atoms with Crippen LogP contribution in [0.25, 0.3) is 0 Å². The highest BCUT2D eigenvalue weighted by atomic mass is 16.5. The molecule has 2 N–H and O–H groups in total. The van der Waals surface area contributed by atoms with Crippen LogP contribution in [0.15, 0.2) is 0 Å². The lowest BCUT2D eigenvalue weighted by molar-refractivity contribution is -0.180. The monoisotopic (exact) mass is 267 g/mol. The molecule has 0 aliphatic carbocycles. The Kier molecular flexibility index (Phi) is 5.00. The standard InChI is InChI=1S/C15H29N3O/c1-6-15(17,10-16)8-7-9-18-11-13(2,3)19-14(4,5)12-18/h6-9,11-12,17H2,1-5H3. The minimum Gasteiger partial charge on any atom is -0.367 e. The molecule has 1 heterocycles. The van der Waals surface area contributed by atoms with Gasteiger partial charge >= 0.3 is 0 Å². The molecule has 110 valence electrons. The number of hydrogen-bond donors (Lipinski definition) is 1. The zero-order chi connectivity index (χ0) is 14.7. The molecule has 1 fully saturated rings. The largest absolute Gasteiger partial charge is 0.367 e. The van der Waals surface area contributed by atoms with E-state index in [0.717, 1.165) is 32.5 Å². The molecule has 1 unspecified atom stereocenters. The minimum atomic E-state index is -0.655. The Morgan fingerprint density at radius 1 is 1.26 bits per heavy atom. The van der Waals surface area contributed by atoms with Gasteiger partial charge in [-0.2, -0.15) is 5.26 Å². The van der Waals surface area contributed by atoms with E-state index in [1.165, 1.54) is 0 Å². The third-order valence-corrected chi connectivity index (χ3v) is 3.71. The number of morpholine rings is 1. The number of nitrogens with zero attached hydrogens (tertiary/aromatic N) is 2. The second-order valence-corrected chi connectivity index (χ2v) is 7.06. The van der Waals surface area contributed by atoms with Gasteiger partial charge in [-0.1, -0.05) is 6.92 Å². The first kappa shape index (κ1) is 16.4. The highest BCUT2D eigenvalue weighted by Crippen LogP contribution is 2.28. The van der Waals surface area contributed by atoms with E-state index in [1.54, 1.807) is 0 Å². The van der Waals surface area contributed by atoms with Crippen LogP contribution in [0.5, 0.6) is 0 Å². The average molecular weight is 267 g/mol. The Bertz CT molecular complexity index is 330. The molecular weight excluding hydrogens is 238 g/mol. The summed E-state index contributed by atoms with van der Waals surface area (Å²) in [5.74, 6) is 0. The van der Waals surface area contributed by atoms with Crippen LogP contribution in [0.4, 0.5) is 0 Å². The van der Waals surface area contributed by atoms with Crippen LogP contribution in [0, 0.1) is 11.3 Å². The van der Waals surface area contributed by atoms with Gasteiger partial charge in [0, 0.05) is 13.1 Å². The fourth-order valence-corrected chi connectivity index (χ4v) is 3.03. The third-order valence-electron chi connectivity index (χ3n) is 3.71. The molecule has 19 heavy (non-hydrogen) atoms. The van der Waals surface area contributed by atoms with Crippen molar-refractivity contribution >= 4 is 0 Å². The van der Waals surface area contributed by atoms with Crippen molar-refractivity contribution < 1.29 is 4.74 Å². The second-order valence-electron chi connectivity index (χ2n) is 7.06. The van der Waals surface area contributed by atoms with E-state index >= 15 is 0 Å². The predicted molar refractivity (Wildman–Crippen MR) is 77.7 cm³/mol. The van der Waals surface area contributed by atoms with Crippen molar-refractivity contribution in [2.45, 2.75) is 70.6 Å². The molecule has 0 aromatic carbocycles. The highest BCUT2D eigenvalue weighted by Gasteiger charge is 2.37. The first-order chi connectivity index (χ1) is 8.61. The maximum absolute atomic E-state index is 9.08. The van der Waals surface area contributed by atoms with Gasteiger partial charge < -0.3 is 10.5 Å². The minimum absolute atomic E-state index is 0.110. The Morgan fingerprint density at radius 2 is 1.79 bits per heavy atom. The second kappa shape index (κ2) is 5.78. The van der Waals surface area contributed by atoms with Crippen molar-refractivity contribution in [3.8, 4) is 6.07 Å². The summed E-state index contributed by atoms with van der Waals surface area (Å²) in [7, 11) is 0. The van der Waals surface area contributed by atoms with Gasteiger partial charge in [-0.05, 0) is 53.5 Å². The molecule has 0 saturated carbocycles. The summed E-state index contributed by atoms with van der Waals surface area (Å²) in [5.41, 5.74) is 5.14. The quantitative estimate of drug-likeness (QED) is 0.830. The summed E-state index contributed by atoms with van der Waals surface area (Å²) >= 11 is 0. The predicted octanol–water partition coefficient (Wildman–Crippen LogP) is 2.29. The number of nitriles is 1. The van der Waals surface area contributed by atoms with E-state index in [0.29, 0.717) is 6.42 Å². The van der Waals surface area contributed by atoms with Crippen LogP contribution in [0.3, 0.4) is 0 Å². The van der Waals surface area contributed by atoms with Crippen molar-refractivity contribution in [1.29, 1.82) is 5.26 Å². The lowest BCUT2D eigenvalue weighted by Gasteiger charge is -2.47. The van der Waals surface area contributed by atoms with Crippen LogP contribution >= 0.6 is 0 Å². The Morgan fingerprint density at radius 3 is 2.21 bits per heavy atom. The van der Waals surface area contributed by atoms with Crippen LogP contribution in [-0.2, 0) is 4.74 Å². The molecule has 0 aromatic heterocycles. The average Bonchev–Trinajstić information content (AvgIpc) is 2.24. The van der Waals surface area contributed by atoms with E-state index in [4.69, 9.17) is 15.7 Å². The SMILES string of the molecule is CCC(N)(C#N)CCCN1CC(C)(C)OC(C)(C)C1. The summed E-state index contributed by atoms with van der Waals surface area (Å²) in [6, 6.07) is 2.23. The summed E-state index contributed by atoms with van der Waals surface area (Å²) < 4.78 is 6.06. The topological polar surface area (TPSA) is 62.3 Å². The molecule has 0 amide bonds. The van der Waals surface area contributed by atoms with Gasteiger partial charge in [0.05, 0.1) is 17.3 Å². The van der Waals surface area contributed by atoms with Crippen molar-refractivity contribution in [3.05, 3.63) is 0 Å². The molecule has 1 aliphatic rings. The van der Waals surface area contributed by atoms with Gasteiger partial charge in [0.15, 0.2) is 0 Å². The van der Waals surface area contributed by atoms with Crippen molar-refractivity contribution in [1.82, 2.24) is 4.90 Å². The molecule has 1 aliphatic heterocycles. The molecule has 0 radical (unpaired) electrons. The Hall–Kier alpha value is -0.630.